The molecule has 3 rings (SSSR count). The molecule has 0 fully saturated rings. The second-order valence-corrected chi connectivity index (χ2v) is 4.12. The maximum atomic E-state index is 12.0. The molecular weight excluding hydrogens is 248 g/mol. The Morgan fingerprint density at radius 2 is 2.21 bits per heavy atom. The third kappa shape index (κ3) is 1.80. The number of imidazole rings is 1. The Hall–Kier alpha value is -2.24. The quantitative estimate of drug-likeness (QED) is 0.789. The first kappa shape index (κ1) is 11.8. The predicted octanol–water partition coefficient (Wildman–Crippen LogP) is 1.80. The van der Waals surface area contributed by atoms with Crippen molar-refractivity contribution in [3.63, 3.8) is 0 Å². The first-order valence-electron chi connectivity index (χ1n) is 6.22. The standard InChI is InChI=1S/C13H14N2O4/c1-3-8-12(13(16)17-4-2)15-6-10-9(18-7-19-10)5-11(15)14-8/h5-6H,3-4,7H2,1-2H3. The summed E-state index contributed by atoms with van der Waals surface area (Å²) >= 11 is 0. The van der Waals surface area contributed by atoms with Crippen molar-refractivity contribution in [2.75, 3.05) is 13.4 Å². The molecule has 0 radical (unpaired) electrons. The summed E-state index contributed by atoms with van der Waals surface area (Å²) in [6.45, 7) is 4.25. The van der Waals surface area contributed by atoms with E-state index in [1.54, 1.807) is 23.6 Å². The van der Waals surface area contributed by atoms with Crippen LogP contribution in [0.25, 0.3) is 5.65 Å². The van der Waals surface area contributed by atoms with E-state index in [2.05, 4.69) is 4.98 Å². The lowest BCUT2D eigenvalue weighted by molar-refractivity contribution is 0.0517. The summed E-state index contributed by atoms with van der Waals surface area (Å²) in [5, 5.41) is 0. The number of pyridine rings is 1. The number of carbonyl (C=O) groups is 1. The number of hydrogen-bond acceptors (Lipinski definition) is 5. The van der Waals surface area contributed by atoms with Gasteiger partial charge in [-0.3, -0.25) is 4.40 Å². The van der Waals surface area contributed by atoms with Gasteiger partial charge in [0.05, 0.1) is 18.5 Å². The fraction of sp³-hybridized carbons (Fsp3) is 0.385. The molecule has 1 aliphatic rings. The molecule has 1 aliphatic heterocycles. The minimum absolute atomic E-state index is 0.192. The highest BCUT2D eigenvalue weighted by atomic mass is 16.7. The van der Waals surface area contributed by atoms with Crippen molar-refractivity contribution in [1.29, 1.82) is 0 Å². The number of esters is 1. The second kappa shape index (κ2) is 4.46. The molecule has 0 aromatic carbocycles. The van der Waals surface area contributed by atoms with Gasteiger partial charge >= 0.3 is 5.97 Å². The molecule has 0 saturated carbocycles. The normalized spacial score (nSPS) is 12.9. The molecule has 0 N–H and O–H groups in total. The number of nitrogens with zero attached hydrogens (tertiary/aromatic N) is 2. The minimum Gasteiger partial charge on any atom is -0.461 e. The van der Waals surface area contributed by atoms with Gasteiger partial charge in [0, 0.05) is 6.07 Å². The van der Waals surface area contributed by atoms with Crippen LogP contribution >= 0.6 is 0 Å². The molecule has 6 heteroatoms. The Bertz CT molecular complexity index is 648. The third-order valence-electron chi connectivity index (χ3n) is 2.99. The van der Waals surface area contributed by atoms with E-state index < -0.39 is 0 Å². The number of fused-ring (bicyclic) bond motifs is 2. The van der Waals surface area contributed by atoms with E-state index >= 15 is 0 Å². The van der Waals surface area contributed by atoms with Gasteiger partial charge in [0.2, 0.25) is 6.79 Å². The molecule has 0 atom stereocenters. The molecular formula is C13H14N2O4. The maximum absolute atomic E-state index is 12.0. The zero-order valence-electron chi connectivity index (χ0n) is 10.8. The van der Waals surface area contributed by atoms with Gasteiger partial charge in [-0.1, -0.05) is 6.92 Å². The number of carbonyl (C=O) groups excluding carboxylic acids is 1. The minimum atomic E-state index is -0.370. The summed E-state index contributed by atoms with van der Waals surface area (Å²) in [5.41, 5.74) is 1.82. The van der Waals surface area contributed by atoms with Crippen molar-refractivity contribution in [3.8, 4) is 11.5 Å². The number of aryl methyl sites for hydroxylation is 1. The van der Waals surface area contributed by atoms with Gasteiger partial charge in [0.25, 0.3) is 0 Å². The summed E-state index contributed by atoms with van der Waals surface area (Å²) in [6.07, 6.45) is 2.37. The van der Waals surface area contributed by atoms with E-state index in [4.69, 9.17) is 14.2 Å². The van der Waals surface area contributed by atoms with Crippen LogP contribution in [0.5, 0.6) is 11.5 Å². The molecule has 0 amide bonds. The number of aromatic nitrogens is 2. The molecule has 0 unspecified atom stereocenters. The molecule has 2 aromatic rings. The highest BCUT2D eigenvalue weighted by molar-refractivity contribution is 5.90. The lowest BCUT2D eigenvalue weighted by Crippen LogP contribution is -2.10. The Morgan fingerprint density at radius 3 is 2.95 bits per heavy atom. The van der Waals surface area contributed by atoms with Crippen LogP contribution in [0.15, 0.2) is 12.3 Å². The van der Waals surface area contributed by atoms with Crippen molar-refractivity contribution in [1.82, 2.24) is 9.38 Å². The van der Waals surface area contributed by atoms with Gasteiger partial charge in [-0.2, -0.15) is 0 Å². The number of ether oxygens (including phenoxy) is 3. The van der Waals surface area contributed by atoms with Crippen LogP contribution in [-0.2, 0) is 11.2 Å². The third-order valence-corrected chi connectivity index (χ3v) is 2.99. The van der Waals surface area contributed by atoms with Crippen molar-refractivity contribution < 1.29 is 19.0 Å². The molecule has 100 valence electrons. The molecule has 6 nitrogen and oxygen atoms in total. The van der Waals surface area contributed by atoms with E-state index in [0.29, 0.717) is 41.6 Å². The van der Waals surface area contributed by atoms with Crippen LogP contribution in [0.2, 0.25) is 0 Å². The Morgan fingerprint density at radius 1 is 1.42 bits per heavy atom. The second-order valence-electron chi connectivity index (χ2n) is 4.12. The van der Waals surface area contributed by atoms with Gasteiger partial charge in [-0.25, -0.2) is 9.78 Å². The van der Waals surface area contributed by atoms with E-state index in [-0.39, 0.29) is 12.8 Å². The highest BCUT2D eigenvalue weighted by Gasteiger charge is 2.23. The van der Waals surface area contributed by atoms with E-state index in [0.717, 1.165) is 0 Å². The van der Waals surface area contributed by atoms with Gasteiger partial charge in [-0.15, -0.1) is 0 Å². The van der Waals surface area contributed by atoms with Crippen LogP contribution in [0.4, 0.5) is 0 Å². The van der Waals surface area contributed by atoms with Crippen LogP contribution < -0.4 is 9.47 Å². The molecule has 19 heavy (non-hydrogen) atoms. The number of rotatable bonds is 3. The van der Waals surface area contributed by atoms with Gasteiger partial charge in [0.15, 0.2) is 17.2 Å². The SMILES string of the molecule is CCOC(=O)c1c(CC)nc2cc3c(cn12)OCO3. The molecule has 0 spiro atoms. The fourth-order valence-electron chi connectivity index (χ4n) is 2.14. The average molecular weight is 262 g/mol. The van der Waals surface area contributed by atoms with Gasteiger partial charge in [0.1, 0.15) is 5.65 Å². The zero-order valence-corrected chi connectivity index (χ0v) is 10.8. The largest absolute Gasteiger partial charge is 0.461 e. The monoisotopic (exact) mass is 262 g/mol. The molecule has 2 aromatic heterocycles. The lowest BCUT2D eigenvalue weighted by Gasteiger charge is -2.04. The molecule has 0 aliphatic carbocycles. The molecule has 0 bridgehead atoms. The topological polar surface area (TPSA) is 62.1 Å². The van der Waals surface area contributed by atoms with Crippen molar-refractivity contribution >= 4 is 11.6 Å². The summed E-state index contributed by atoms with van der Waals surface area (Å²) in [7, 11) is 0. The van der Waals surface area contributed by atoms with Crippen LogP contribution in [-0.4, -0.2) is 28.8 Å². The highest BCUT2D eigenvalue weighted by Crippen LogP contribution is 2.33. The van der Waals surface area contributed by atoms with E-state index in [9.17, 15) is 4.79 Å². The summed E-state index contributed by atoms with van der Waals surface area (Å²) < 4.78 is 17.4. The van der Waals surface area contributed by atoms with E-state index in [1.807, 2.05) is 6.92 Å². The van der Waals surface area contributed by atoms with Crippen molar-refractivity contribution in [3.05, 3.63) is 23.7 Å². The predicted molar refractivity (Wildman–Crippen MR) is 66.6 cm³/mol. The lowest BCUT2D eigenvalue weighted by atomic mass is 10.2. The first-order valence-corrected chi connectivity index (χ1v) is 6.22. The van der Waals surface area contributed by atoms with E-state index in [1.165, 1.54) is 0 Å². The zero-order chi connectivity index (χ0) is 13.4. The maximum Gasteiger partial charge on any atom is 0.357 e. The van der Waals surface area contributed by atoms with Gasteiger partial charge < -0.3 is 14.2 Å². The average Bonchev–Trinajstić information content (AvgIpc) is 2.98. The summed E-state index contributed by atoms with van der Waals surface area (Å²) in [6, 6.07) is 1.77. The van der Waals surface area contributed by atoms with Gasteiger partial charge in [-0.05, 0) is 13.3 Å². The Kier molecular flexibility index (Phi) is 2.77. The Balaban J connectivity index is 2.20. The Labute approximate surface area is 109 Å². The van der Waals surface area contributed by atoms with Crippen molar-refractivity contribution in [2.45, 2.75) is 20.3 Å². The fourth-order valence-corrected chi connectivity index (χ4v) is 2.14. The smallest absolute Gasteiger partial charge is 0.357 e. The van der Waals surface area contributed by atoms with Crippen LogP contribution in [0, 0.1) is 0 Å². The summed E-state index contributed by atoms with van der Waals surface area (Å²) in [5.74, 6) is 0.888. The van der Waals surface area contributed by atoms with Crippen molar-refractivity contribution in [2.24, 2.45) is 0 Å². The van der Waals surface area contributed by atoms with Crippen LogP contribution in [0.3, 0.4) is 0 Å². The number of hydrogen-bond donors (Lipinski definition) is 0. The molecule has 0 saturated heterocycles. The summed E-state index contributed by atoms with van der Waals surface area (Å²) in [4.78, 5) is 16.5. The molecule has 3 heterocycles. The van der Waals surface area contributed by atoms with Crippen LogP contribution in [0.1, 0.15) is 30.0 Å². The first-order chi connectivity index (χ1) is 9.24.